The molecule has 1 aromatic heterocycles. The van der Waals surface area contributed by atoms with Crippen molar-refractivity contribution in [2.24, 2.45) is 0 Å². The van der Waals surface area contributed by atoms with Crippen molar-refractivity contribution in [3.63, 3.8) is 0 Å². The van der Waals surface area contributed by atoms with Gasteiger partial charge in [-0.3, -0.25) is 4.90 Å². The number of aryl methyl sites for hydroxylation is 1. The lowest BCUT2D eigenvalue weighted by Gasteiger charge is -2.15. The summed E-state index contributed by atoms with van der Waals surface area (Å²) in [5, 5.41) is 17.1. The molecule has 1 fully saturated rings. The molecule has 154 valence electrons. The summed E-state index contributed by atoms with van der Waals surface area (Å²) in [7, 11) is 0. The molecule has 1 saturated heterocycles. The maximum atomic E-state index is 11.9. The zero-order chi connectivity index (χ0) is 21.1. The maximum absolute atomic E-state index is 11.9. The van der Waals surface area contributed by atoms with Gasteiger partial charge in [0.05, 0.1) is 16.8 Å². The number of aromatic nitrogens is 1. The molecule has 2 aromatic carbocycles. The Morgan fingerprint density at radius 1 is 1.23 bits per heavy atom. The van der Waals surface area contributed by atoms with Gasteiger partial charge in [0.15, 0.2) is 0 Å². The number of nitrogens with zero attached hydrogens (tertiary/aromatic N) is 3. The summed E-state index contributed by atoms with van der Waals surface area (Å²) >= 11 is 5.78. The lowest BCUT2D eigenvalue weighted by atomic mass is 10.1. The molecule has 0 saturated carbocycles. The van der Waals surface area contributed by atoms with E-state index in [-0.39, 0.29) is 6.03 Å². The van der Waals surface area contributed by atoms with Crippen molar-refractivity contribution in [3.05, 3.63) is 48.0 Å². The molecule has 0 atom stereocenters. The Labute approximate surface area is 181 Å². The van der Waals surface area contributed by atoms with Crippen LogP contribution in [0.5, 0.6) is 0 Å². The van der Waals surface area contributed by atoms with Crippen LogP contribution in [-0.2, 0) is 6.54 Å². The second-order valence-corrected chi connectivity index (χ2v) is 7.59. The number of nitrogens with one attached hydrogen (secondary N) is 2. The Hall–Kier alpha value is -3.17. The molecule has 2 N–H and O–H groups in total. The molecule has 2 amide bonds. The van der Waals surface area contributed by atoms with Crippen molar-refractivity contribution >= 4 is 39.9 Å². The van der Waals surface area contributed by atoms with E-state index in [4.69, 9.17) is 11.6 Å². The predicted octanol–water partition coefficient (Wildman–Crippen LogP) is 4.77. The molecule has 1 aliphatic rings. The number of alkyl halides is 1. The number of halogens is 1. The third-order valence-electron chi connectivity index (χ3n) is 5.44. The number of carbonyl (C=O) groups excluding carboxylic acids is 1. The number of benzene rings is 2. The smallest absolute Gasteiger partial charge is 0.321 e. The van der Waals surface area contributed by atoms with Crippen LogP contribution in [0, 0.1) is 11.3 Å². The lowest BCUT2D eigenvalue weighted by Crippen LogP contribution is -2.27. The summed E-state index contributed by atoms with van der Waals surface area (Å²) in [5.41, 5.74) is 5.45. The SMILES string of the molecule is CCn1c(-c2ccc(N3CCNC3=O)cc2)c(C#N)c2ccc(NCCCCl)cc21. The fourth-order valence-electron chi connectivity index (χ4n) is 4.02. The minimum atomic E-state index is -0.0719. The molecule has 6 nitrogen and oxygen atoms in total. The number of nitriles is 1. The van der Waals surface area contributed by atoms with E-state index in [0.29, 0.717) is 24.5 Å². The Balaban J connectivity index is 1.76. The van der Waals surface area contributed by atoms with E-state index in [1.54, 1.807) is 4.90 Å². The van der Waals surface area contributed by atoms with Gasteiger partial charge in [-0.05, 0) is 49.2 Å². The van der Waals surface area contributed by atoms with E-state index in [1.807, 2.05) is 36.4 Å². The van der Waals surface area contributed by atoms with E-state index in [2.05, 4.69) is 34.3 Å². The largest absolute Gasteiger partial charge is 0.385 e. The average Bonchev–Trinajstić information content (AvgIpc) is 3.34. The van der Waals surface area contributed by atoms with Gasteiger partial charge in [0, 0.05) is 48.8 Å². The van der Waals surface area contributed by atoms with Gasteiger partial charge in [0.25, 0.3) is 0 Å². The molecule has 0 aliphatic carbocycles. The molecule has 1 aliphatic heterocycles. The number of carbonyl (C=O) groups is 1. The fraction of sp³-hybridized carbons (Fsp3) is 0.304. The molecular formula is C23H24ClN5O. The van der Waals surface area contributed by atoms with E-state index in [0.717, 1.165) is 53.0 Å². The summed E-state index contributed by atoms with van der Waals surface area (Å²) in [6, 6.07) is 16.3. The fourth-order valence-corrected chi connectivity index (χ4v) is 4.15. The molecule has 3 aromatic rings. The van der Waals surface area contributed by atoms with E-state index in [1.165, 1.54) is 0 Å². The number of rotatable bonds is 7. The van der Waals surface area contributed by atoms with Gasteiger partial charge in [0.2, 0.25) is 0 Å². The first-order chi connectivity index (χ1) is 14.7. The van der Waals surface area contributed by atoms with E-state index >= 15 is 0 Å². The minimum absolute atomic E-state index is 0.0719. The van der Waals surface area contributed by atoms with Gasteiger partial charge in [-0.15, -0.1) is 11.6 Å². The number of hydrogen-bond donors (Lipinski definition) is 2. The molecule has 0 bridgehead atoms. The normalized spacial score (nSPS) is 13.5. The summed E-state index contributed by atoms with van der Waals surface area (Å²) in [4.78, 5) is 13.7. The van der Waals surface area contributed by atoms with Gasteiger partial charge in [0.1, 0.15) is 6.07 Å². The van der Waals surface area contributed by atoms with Crippen molar-refractivity contribution < 1.29 is 4.79 Å². The zero-order valence-corrected chi connectivity index (χ0v) is 17.7. The molecule has 2 heterocycles. The lowest BCUT2D eigenvalue weighted by molar-refractivity contribution is 0.252. The highest BCUT2D eigenvalue weighted by molar-refractivity contribution is 6.17. The molecule has 30 heavy (non-hydrogen) atoms. The van der Waals surface area contributed by atoms with Crippen LogP contribution in [0.15, 0.2) is 42.5 Å². The highest BCUT2D eigenvalue weighted by Crippen LogP contribution is 2.35. The van der Waals surface area contributed by atoms with Crippen LogP contribution in [0.4, 0.5) is 16.2 Å². The molecular weight excluding hydrogens is 398 g/mol. The quantitative estimate of drug-likeness (QED) is 0.426. The average molecular weight is 422 g/mol. The van der Waals surface area contributed by atoms with Crippen LogP contribution in [0.25, 0.3) is 22.2 Å². The first-order valence-corrected chi connectivity index (χ1v) is 10.7. The second-order valence-electron chi connectivity index (χ2n) is 7.21. The Morgan fingerprint density at radius 2 is 2.03 bits per heavy atom. The standard InChI is InChI=1S/C23H24ClN5O/c1-2-28-21-14-17(26-11-3-10-24)6-9-19(21)20(15-25)22(28)16-4-7-18(8-5-16)29-13-12-27-23(29)30/h4-9,14,26H,2-3,10-13H2,1H3,(H,27,30). The first kappa shape index (κ1) is 20.1. The third kappa shape index (κ3) is 3.57. The van der Waals surface area contributed by atoms with Crippen LogP contribution in [0.1, 0.15) is 18.9 Å². The summed E-state index contributed by atoms with van der Waals surface area (Å²) in [6.45, 7) is 4.96. The number of urea groups is 1. The Morgan fingerprint density at radius 3 is 2.67 bits per heavy atom. The van der Waals surface area contributed by atoms with E-state index in [9.17, 15) is 10.1 Å². The minimum Gasteiger partial charge on any atom is -0.385 e. The highest BCUT2D eigenvalue weighted by Gasteiger charge is 2.22. The third-order valence-corrected chi connectivity index (χ3v) is 5.71. The van der Waals surface area contributed by atoms with Gasteiger partial charge < -0.3 is 15.2 Å². The number of anilines is 2. The van der Waals surface area contributed by atoms with Gasteiger partial charge in [-0.1, -0.05) is 12.1 Å². The summed E-state index contributed by atoms with van der Waals surface area (Å²) in [6.07, 6.45) is 0.893. The molecule has 4 rings (SSSR count). The van der Waals surface area contributed by atoms with Gasteiger partial charge in [-0.25, -0.2) is 4.79 Å². The molecule has 7 heteroatoms. The number of hydrogen-bond acceptors (Lipinski definition) is 3. The Kier molecular flexibility index (Phi) is 5.82. The number of amides is 2. The zero-order valence-electron chi connectivity index (χ0n) is 16.9. The molecule has 0 radical (unpaired) electrons. The molecule has 0 spiro atoms. The van der Waals surface area contributed by atoms with E-state index < -0.39 is 0 Å². The van der Waals surface area contributed by atoms with Crippen LogP contribution in [0.2, 0.25) is 0 Å². The van der Waals surface area contributed by atoms with Crippen molar-refractivity contribution in [3.8, 4) is 17.3 Å². The topological polar surface area (TPSA) is 73.1 Å². The van der Waals surface area contributed by atoms with Crippen molar-refractivity contribution in [1.29, 1.82) is 5.26 Å². The first-order valence-electron chi connectivity index (χ1n) is 10.2. The van der Waals surface area contributed by atoms with Crippen LogP contribution >= 0.6 is 11.6 Å². The Bertz CT molecular complexity index is 1110. The van der Waals surface area contributed by atoms with Gasteiger partial charge >= 0.3 is 6.03 Å². The van der Waals surface area contributed by atoms with Crippen LogP contribution in [-0.4, -0.2) is 36.1 Å². The second kappa shape index (κ2) is 8.68. The summed E-state index contributed by atoms with van der Waals surface area (Å²) in [5.74, 6) is 0.623. The molecule has 0 unspecified atom stereocenters. The van der Waals surface area contributed by atoms with Gasteiger partial charge in [-0.2, -0.15) is 5.26 Å². The van der Waals surface area contributed by atoms with Crippen LogP contribution in [0.3, 0.4) is 0 Å². The van der Waals surface area contributed by atoms with Crippen molar-refractivity contribution in [2.45, 2.75) is 19.9 Å². The number of fused-ring (bicyclic) bond motifs is 1. The maximum Gasteiger partial charge on any atom is 0.321 e. The van der Waals surface area contributed by atoms with Crippen molar-refractivity contribution in [1.82, 2.24) is 9.88 Å². The van der Waals surface area contributed by atoms with Crippen LogP contribution < -0.4 is 15.5 Å². The highest BCUT2D eigenvalue weighted by atomic mass is 35.5. The monoisotopic (exact) mass is 421 g/mol. The van der Waals surface area contributed by atoms with Crippen molar-refractivity contribution in [2.75, 3.05) is 35.7 Å². The summed E-state index contributed by atoms with van der Waals surface area (Å²) < 4.78 is 2.18. The predicted molar refractivity (Wildman–Crippen MR) is 122 cm³/mol.